The van der Waals surface area contributed by atoms with E-state index in [4.69, 9.17) is 27.5 Å². The molecule has 1 unspecified atom stereocenters. The zero-order valence-electron chi connectivity index (χ0n) is 23.6. The van der Waals surface area contributed by atoms with E-state index in [2.05, 4.69) is 9.80 Å². The third kappa shape index (κ3) is 6.70. The summed E-state index contributed by atoms with van der Waals surface area (Å²) in [7, 11) is 0. The van der Waals surface area contributed by atoms with Crippen LogP contribution in [-0.4, -0.2) is 112 Å². The van der Waals surface area contributed by atoms with Crippen molar-refractivity contribution in [3.05, 3.63) is 33.8 Å². The lowest BCUT2D eigenvalue weighted by atomic mass is 9.70. The molecule has 4 heterocycles. The number of likely N-dealkylation sites (tertiary alicyclic amines) is 2. The normalized spacial score (nSPS) is 28.7. The van der Waals surface area contributed by atoms with E-state index >= 15 is 0 Å². The number of amides is 2. The lowest BCUT2D eigenvalue weighted by Gasteiger charge is -2.49. The van der Waals surface area contributed by atoms with E-state index in [-0.39, 0.29) is 11.8 Å². The summed E-state index contributed by atoms with van der Waals surface area (Å²) in [6.45, 7) is 8.14. The van der Waals surface area contributed by atoms with Crippen LogP contribution in [0.15, 0.2) is 18.2 Å². The van der Waals surface area contributed by atoms with Gasteiger partial charge in [-0.15, -0.1) is 0 Å². The van der Waals surface area contributed by atoms with Gasteiger partial charge in [0.15, 0.2) is 0 Å². The summed E-state index contributed by atoms with van der Waals surface area (Å²) >= 11 is 11.2. The molecule has 0 radical (unpaired) electrons. The summed E-state index contributed by atoms with van der Waals surface area (Å²) in [6.07, 6.45) is 7.10. The van der Waals surface area contributed by atoms with Crippen LogP contribution >= 0.6 is 23.2 Å². The molecule has 6 rings (SSSR count). The van der Waals surface area contributed by atoms with Crippen molar-refractivity contribution in [1.82, 2.24) is 24.1 Å². The number of benzene rings is 1. The van der Waals surface area contributed by atoms with Gasteiger partial charge in [-0.25, -0.2) is 4.21 Å². The molecule has 9 nitrogen and oxygen atoms in total. The Bertz CT molecular complexity index is 1150. The van der Waals surface area contributed by atoms with Crippen molar-refractivity contribution in [2.24, 2.45) is 5.92 Å². The molecule has 4 saturated heterocycles. The number of hydroxylamine groups is 2. The number of piperazine rings is 1. The van der Waals surface area contributed by atoms with Gasteiger partial charge in [0.2, 0.25) is 11.8 Å². The molecule has 1 aromatic carbocycles. The Morgan fingerprint density at radius 3 is 2.37 bits per heavy atom. The summed E-state index contributed by atoms with van der Waals surface area (Å²) in [5.41, 5.74) is 0.0877. The topological polar surface area (TPSA) is 76.6 Å². The van der Waals surface area contributed by atoms with Gasteiger partial charge in [0.25, 0.3) is 11.3 Å². The van der Waals surface area contributed by atoms with Crippen LogP contribution in [0.2, 0.25) is 10.0 Å². The summed E-state index contributed by atoms with van der Waals surface area (Å²) in [4.78, 5) is 33.2. The molecule has 2 amide bonds. The fraction of sp³-hybridized carbons (Fsp3) is 0.724. The Kier molecular flexibility index (Phi) is 9.39. The third-order valence-corrected chi connectivity index (χ3v) is 11.5. The van der Waals surface area contributed by atoms with Crippen molar-refractivity contribution in [2.45, 2.75) is 62.8 Å². The van der Waals surface area contributed by atoms with Crippen molar-refractivity contribution < 1.29 is 18.1 Å². The van der Waals surface area contributed by atoms with Gasteiger partial charge >= 0.3 is 0 Å². The number of rotatable bonds is 10. The van der Waals surface area contributed by atoms with Crippen molar-refractivity contribution >= 4 is 46.3 Å². The van der Waals surface area contributed by atoms with E-state index in [1.54, 1.807) is 6.07 Å². The maximum absolute atomic E-state index is 14.0. The Morgan fingerprint density at radius 1 is 0.951 bits per heavy atom. The smallest absolute Gasteiger partial charge is 0.255 e. The molecule has 4 aliphatic heterocycles. The van der Waals surface area contributed by atoms with Crippen molar-refractivity contribution in [3.8, 4) is 0 Å². The van der Waals surface area contributed by atoms with Gasteiger partial charge in [-0.05, 0) is 68.7 Å². The van der Waals surface area contributed by atoms with Gasteiger partial charge in [0.05, 0.1) is 15.5 Å². The number of nitrogens with zero attached hydrogens (tertiary/aromatic N) is 5. The van der Waals surface area contributed by atoms with E-state index in [0.717, 1.165) is 90.1 Å². The largest absolute Gasteiger partial charge is 0.300 e. The molecule has 5 aliphatic rings. The number of imide groups is 1. The van der Waals surface area contributed by atoms with Crippen molar-refractivity contribution in [1.29, 1.82) is 0 Å². The molecule has 0 spiro atoms. The van der Waals surface area contributed by atoms with E-state index in [0.29, 0.717) is 47.8 Å². The molecule has 0 bridgehead atoms. The lowest BCUT2D eigenvalue weighted by molar-refractivity contribution is -0.154. The predicted octanol–water partition coefficient (Wildman–Crippen LogP) is 3.48. The second kappa shape index (κ2) is 12.9. The van der Waals surface area contributed by atoms with Crippen LogP contribution in [0.3, 0.4) is 0 Å². The molecule has 2 atom stereocenters. The first kappa shape index (κ1) is 29.9. The molecule has 0 aromatic heterocycles. The number of hydrogen-bond acceptors (Lipinski definition) is 7. The van der Waals surface area contributed by atoms with E-state index in [1.807, 2.05) is 21.5 Å². The maximum Gasteiger partial charge on any atom is 0.255 e. The fourth-order valence-electron chi connectivity index (χ4n) is 6.71. The minimum Gasteiger partial charge on any atom is -0.300 e. The Balaban J connectivity index is 1.03. The molecule has 5 fully saturated rings. The van der Waals surface area contributed by atoms with Crippen LogP contribution in [-0.2, 0) is 30.6 Å². The maximum atomic E-state index is 14.0. The van der Waals surface area contributed by atoms with Crippen LogP contribution in [0.5, 0.6) is 0 Å². The number of halogens is 2. The first-order valence-electron chi connectivity index (χ1n) is 15.2. The van der Waals surface area contributed by atoms with Crippen molar-refractivity contribution in [2.75, 3.05) is 65.4 Å². The van der Waals surface area contributed by atoms with Crippen molar-refractivity contribution in [3.63, 3.8) is 0 Å². The highest BCUT2D eigenvalue weighted by Crippen LogP contribution is 2.43. The summed E-state index contributed by atoms with van der Waals surface area (Å²) in [5.74, 6) is 0.313. The standard InChI is InChI=1S/C29H41Cl2N5O4S/c30-25-7-6-23(18-26(25)31)29(9-8-27(37)36(28(29)38)19-22-4-5-22)10-13-32-20-24(21-32)33-14-16-35(17-15-33)41(39)40-34-11-2-1-3-12-34/h6-7,18,22,24H,1-5,8-17,19-21H2/t29-,41?/m0/s1. The van der Waals surface area contributed by atoms with Crippen LogP contribution in [0, 0.1) is 5.92 Å². The zero-order chi connectivity index (χ0) is 28.6. The number of hydrogen-bond donors (Lipinski definition) is 0. The SMILES string of the molecule is O=C1CC[C@](CCN2CC(N3CCN(S(=O)ON4CCCCC4)CC3)C2)(c2ccc(Cl)c(Cl)c2)C(=O)N1CC1CC1. The highest BCUT2D eigenvalue weighted by molar-refractivity contribution is 7.77. The highest BCUT2D eigenvalue weighted by Gasteiger charge is 2.50. The molecule has 0 N–H and O–H groups in total. The molecular weight excluding hydrogens is 585 g/mol. The average molecular weight is 627 g/mol. The zero-order valence-corrected chi connectivity index (χ0v) is 26.0. The van der Waals surface area contributed by atoms with Crippen LogP contribution in [0.25, 0.3) is 0 Å². The Labute approximate surface area is 255 Å². The van der Waals surface area contributed by atoms with Gasteiger partial charge < -0.3 is 4.90 Å². The number of piperidine rings is 2. The van der Waals surface area contributed by atoms with Gasteiger partial charge in [-0.2, -0.15) is 13.7 Å². The molecule has 12 heteroatoms. The second-order valence-electron chi connectivity index (χ2n) is 12.4. The molecule has 1 saturated carbocycles. The quantitative estimate of drug-likeness (QED) is 0.369. The van der Waals surface area contributed by atoms with Gasteiger partial charge in [0.1, 0.15) is 0 Å². The van der Waals surface area contributed by atoms with E-state index in [9.17, 15) is 13.8 Å². The summed E-state index contributed by atoms with van der Waals surface area (Å²) in [6, 6.07) is 5.96. The minimum absolute atomic E-state index is 0.0528. The Hall–Kier alpha value is -1.11. The lowest BCUT2D eigenvalue weighted by Crippen LogP contribution is -2.64. The average Bonchev–Trinajstić information content (AvgIpc) is 3.78. The molecule has 41 heavy (non-hydrogen) atoms. The molecule has 1 aromatic rings. The third-order valence-electron chi connectivity index (χ3n) is 9.61. The fourth-order valence-corrected chi connectivity index (χ4v) is 7.90. The van der Waals surface area contributed by atoms with E-state index < -0.39 is 16.7 Å². The number of carbonyl (C=O) groups excluding carboxylic acids is 2. The van der Waals surface area contributed by atoms with Gasteiger partial charge in [-0.3, -0.25) is 19.4 Å². The first-order valence-corrected chi connectivity index (χ1v) is 17.0. The summed E-state index contributed by atoms with van der Waals surface area (Å²) in [5, 5.41) is 2.76. The highest BCUT2D eigenvalue weighted by atomic mass is 35.5. The first-order chi connectivity index (χ1) is 19.8. The Morgan fingerprint density at radius 2 is 1.68 bits per heavy atom. The van der Waals surface area contributed by atoms with Crippen LogP contribution < -0.4 is 0 Å². The van der Waals surface area contributed by atoms with Gasteiger partial charge in [-0.1, -0.05) is 35.7 Å². The molecular formula is C29H41Cl2N5O4S. The molecule has 226 valence electrons. The molecule has 1 aliphatic carbocycles. The predicted molar refractivity (Wildman–Crippen MR) is 159 cm³/mol. The monoisotopic (exact) mass is 625 g/mol. The van der Waals surface area contributed by atoms with Crippen LogP contribution in [0.4, 0.5) is 0 Å². The second-order valence-corrected chi connectivity index (χ2v) is 14.3. The van der Waals surface area contributed by atoms with E-state index in [1.165, 1.54) is 11.3 Å². The number of carbonyl (C=O) groups is 2. The minimum atomic E-state index is -1.42. The van der Waals surface area contributed by atoms with Crippen LogP contribution in [0.1, 0.15) is 56.9 Å². The van der Waals surface area contributed by atoms with Gasteiger partial charge in [0, 0.05) is 71.4 Å². The summed E-state index contributed by atoms with van der Waals surface area (Å²) < 4.78 is 20.4.